The summed E-state index contributed by atoms with van der Waals surface area (Å²) in [5, 5.41) is 8.74. The first-order chi connectivity index (χ1) is 9.61. The molecule has 2 aromatic heterocycles. The Labute approximate surface area is 125 Å². The van der Waals surface area contributed by atoms with E-state index in [2.05, 4.69) is 28.5 Å². The monoisotopic (exact) mass is 292 g/mol. The summed E-state index contributed by atoms with van der Waals surface area (Å²) in [5.74, 6) is 0. The molecule has 0 saturated heterocycles. The van der Waals surface area contributed by atoms with Crippen LogP contribution < -0.4 is 5.32 Å². The van der Waals surface area contributed by atoms with Gasteiger partial charge in [0.25, 0.3) is 0 Å². The van der Waals surface area contributed by atoms with Crippen LogP contribution in [0.2, 0.25) is 5.02 Å². The van der Waals surface area contributed by atoms with E-state index in [4.69, 9.17) is 11.6 Å². The number of rotatable bonds is 6. The maximum Gasteiger partial charge on any atom is 0.0641 e. The van der Waals surface area contributed by atoms with Gasteiger partial charge in [-0.3, -0.25) is 9.67 Å². The standard InChI is InChI=1S/C15H21ClN4/c1-4-6-18-15(13-10-20(3)19-11(13)2)8-12-5-7-17-9-14(12)16/h5,7,9-10,15,18H,4,6,8H2,1-3H3. The summed E-state index contributed by atoms with van der Waals surface area (Å²) in [6, 6.07) is 2.21. The van der Waals surface area contributed by atoms with Gasteiger partial charge in [-0.1, -0.05) is 18.5 Å². The van der Waals surface area contributed by atoms with Crippen LogP contribution in [0.25, 0.3) is 0 Å². The van der Waals surface area contributed by atoms with Gasteiger partial charge in [-0.25, -0.2) is 0 Å². The van der Waals surface area contributed by atoms with Gasteiger partial charge in [0.05, 0.1) is 10.7 Å². The quantitative estimate of drug-likeness (QED) is 0.890. The Morgan fingerprint density at radius 1 is 1.45 bits per heavy atom. The van der Waals surface area contributed by atoms with Crippen LogP contribution in [0.1, 0.15) is 36.2 Å². The minimum Gasteiger partial charge on any atom is -0.310 e. The van der Waals surface area contributed by atoms with E-state index in [-0.39, 0.29) is 6.04 Å². The molecule has 0 aliphatic carbocycles. The molecule has 4 nitrogen and oxygen atoms in total. The van der Waals surface area contributed by atoms with Crippen LogP contribution in [0.4, 0.5) is 0 Å². The highest BCUT2D eigenvalue weighted by Gasteiger charge is 2.17. The molecule has 0 bridgehead atoms. The molecule has 0 aromatic carbocycles. The van der Waals surface area contributed by atoms with Gasteiger partial charge in [-0.2, -0.15) is 5.10 Å². The fraction of sp³-hybridized carbons (Fsp3) is 0.467. The van der Waals surface area contributed by atoms with Crippen molar-refractivity contribution >= 4 is 11.6 Å². The summed E-state index contributed by atoms with van der Waals surface area (Å²) in [4.78, 5) is 4.04. The highest BCUT2D eigenvalue weighted by Crippen LogP contribution is 2.24. The first-order valence-corrected chi connectivity index (χ1v) is 7.31. The Bertz CT molecular complexity index is 565. The third-order valence-electron chi connectivity index (χ3n) is 3.35. The Morgan fingerprint density at radius 3 is 2.85 bits per heavy atom. The third kappa shape index (κ3) is 3.58. The molecule has 1 unspecified atom stereocenters. The highest BCUT2D eigenvalue weighted by atomic mass is 35.5. The van der Waals surface area contributed by atoms with Gasteiger partial charge in [0, 0.05) is 37.2 Å². The second-order valence-corrected chi connectivity index (χ2v) is 5.43. The van der Waals surface area contributed by atoms with E-state index < -0.39 is 0 Å². The Morgan fingerprint density at radius 2 is 2.25 bits per heavy atom. The molecule has 0 amide bonds. The van der Waals surface area contributed by atoms with E-state index in [0.29, 0.717) is 0 Å². The highest BCUT2D eigenvalue weighted by molar-refractivity contribution is 6.31. The number of aryl methyl sites for hydroxylation is 2. The number of pyridine rings is 1. The van der Waals surface area contributed by atoms with Crippen LogP contribution in [0, 0.1) is 6.92 Å². The van der Waals surface area contributed by atoms with E-state index >= 15 is 0 Å². The van der Waals surface area contributed by atoms with Crippen LogP contribution in [0.15, 0.2) is 24.7 Å². The van der Waals surface area contributed by atoms with Crippen LogP contribution in [-0.4, -0.2) is 21.3 Å². The van der Waals surface area contributed by atoms with Crippen LogP contribution in [0.5, 0.6) is 0 Å². The molecule has 2 heterocycles. The average Bonchev–Trinajstić information content (AvgIpc) is 2.75. The largest absolute Gasteiger partial charge is 0.310 e. The number of nitrogens with one attached hydrogen (secondary N) is 1. The fourth-order valence-corrected chi connectivity index (χ4v) is 2.56. The molecule has 0 fully saturated rings. The molecule has 0 spiro atoms. The van der Waals surface area contributed by atoms with Crippen molar-refractivity contribution in [3.8, 4) is 0 Å². The summed E-state index contributed by atoms with van der Waals surface area (Å²) in [7, 11) is 1.95. The van der Waals surface area contributed by atoms with Crippen LogP contribution in [-0.2, 0) is 13.5 Å². The summed E-state index contributed by atoms with van der Waals surface area (Å²) < 4.78 is 1.86. The number of nitrogens with zero attached hydrogens (tertiary/aromatic N) is 3. The molecule has 0 saturated carbocycles. The predicted molar refractivity (Wildman–Crippen MR) is 81.9 cm³/mol. The van der Waals surface area contributed by atoms with Gasteiger partial charge in [-0.15, -0.1) is 0 Å². The lowest BCUT2D eigenvalue weighted by Crippen LogP contribution is -2.24. The van der Waals surface area contributed by atoms with Crippen molar-refractivity contribution in [3.63, 3.8) is 0 Å². The lowest BCUT2D eigenvalue weighted by molar-refractivity contribution is 0.527. The second kappa shape index (κ2) is 6.86. The third-order valence-corrected chi connectivity index (χ3v) is 3.69. The minimum atomic E-state index is 0.226. The molecule has 108 valence electrons. The predicted octanol–water partition coefficient (Wildman–Crippen LogP) is 3.06. The van der Waals surface area contributed by atoms with Crippen molar-refractivity contribution in [1.82, 2.24) is 20.1 Å². The molecule has 0 radical (unpaired) electrons. The lowest BCUT2D eigenvalue weighted by atomic mass is 10.00. The van der Waals surface area contributed by atoms with Crippen LogP contribution >= 0.6 is 11.6 Å². The van der Waals surface area contributed by atoms with Gasteiger partial charge >= 0.3 is 0 Å². The van der Waals surface area contributed by atoms with Crippen molar-refractivity contribution < 1.29 is 0 Å². The Hall–Kier alpha value is -1.39. The zero-order valence-electron chi connectivity index (χ0n) is 12.2. The Balaban J connectivity index is 2.24. The summed E-state index contributed by atoms with van der Waals surface area (Å²) in [5.41, 5.74) is 3.40. The van der Waals surface area contributed by atoms with Gasteiger partial charge < -0.3 is 5.32 Å². The second-order valence-electron chi connectivity index (χ2n) is 5.02. The van der Waals surface area contributed by atoms with Gasteiger partial charge in [0.1, 0.15) is 0 Å². The maximum atomic E-state index is 6.22. The number of halogens is 1. The van der Waals surface area contributed by atoms with E-state index in [0.717, 1.165) is 35.7 Å². The number of hydrogen-bond acceptors (Lipinski definition) is 3. The van der Waals surface area contributed by atoms with Crippen molar-refractivity contribution in [1.29, 1.82) is 0 Å². The first-order valence-electron chi connectivity index (χ1n) is 6.93. The smallest absolute Gasteiger partial charge is 0.0641 e. The molecule has 5 heteroatoms. The summed E-state index contributed by atoms with van der Waals surface area (Å²) in [6.45, 7) is 5.19. The molecule has 2 rings (SSSR count). The molecule has 1 atom stereocenters. The van der Waals surface area contributed by atoms with Gasteiger partial charge in [-0.05, 0) is 37.9 Å². The lowest BCUT2D eigenvalue weighted by Gasteiger charge is -2.18. The zero-order valence-corrected chi connectivity index (χ0v) is 13.0. The maximum absolute atomic E-state index is 6.22. The van der Waals surface area contributed by atoms with E-state index in [1.165, 1.54) is 5.56 Å². The van der Waals surface area contributed by atoms with Crippen molar-refractivity contribution in [2.45, 2.75) is 32.7 Å². The molecular weight excluding hydrogens is 272 g/mol. The van der Waals surface area contributed by atoms with Gasteiger partial charge in [0.15, 0.2) is 0 Å². The van der Waals surface area contributed by atoms with E-state index in [1.807, 2.05) is 24.7 Å². The molecular formula is C15H21ClN4. The fourth-order valence-electron chi connectivity index (χ4n) is 2.36. The minimum absolute atomic E-state index is 0.226. The number of hydrogen-bond donors (Lipinski definition) is 1. The van der Waals surface area contributed by atoms with E-state index in [9.17, 15) is 0 Å². The van der Waals surface area contributed by atoms with Crippen molar-refractivity contribution in [3.05, 3.63) is 46.5 Å². The average molecular weight is 293 g/mol. The van der Waals surface area contributed by atoms with Crippen molar-refractivity contribution in [2.75, 3.05) is 6.54 Å². The molecule has 20 heavy (non-hydrogen) atoms. The van der Waals surface area contributed by atoms with Crippen molar-refractivity contribution in [2.24, 2.45) is 7.05 Å². The molecule has 0 aliphatic heterocycles. The molecule has 2 aromatic rings. The van der Waals surface area contributed by atoms with E-state index in [1.54, 1.807) is 12.4 Å². The molecule has 0 aliphatic rings. The van der Waals surface area contributed by atoms with Gasteiger partial charge in [0.2, 0.25) is 0 Å². The normalized spacial score (nSPS) is 12.6. The SMILES string of the molecule is CCCNC(Cc1ccncc1Cl)c1cn(C)nc1C. The molecule has 1 N–H and O–H groups in total. The first kappa shape index (κ1) is 15.0. The van der Waals surface area contributed by atoms with Crippen LogP contribution in [0.3, 0.4) is 0 Å². The summed E-state index contributed by atoms with van der Waals surface area (Å²) in [6.07, 6.45) is 7.50. The number of aromatic nitrogens is 3. The zero-order chi connectivity index (χ0) is 14.5. The topological polar surface area (TPSA) is 42.7 Å². The Kier molecular flexibility index (Phi) is 5.15. The summed E-state index contributed by atoms with van der Waals surface area (Å²) >= 11 is 6.22.